The number of halogens is 1. The van der Waals surface area contributed by atoms with Gasteiger partial charge >= 0.3 is 0 Å². The minimum Gasteiger partial charge on any atom is -0.465 e. The normalized spacial score (nSPS) is 20.0. The Morgan fingerprint density at radius 1 is 0.800 bits per heavy atom. The lowest BCUT2D eigenvalue weighted by molar-refractivity contribution is -0.106. The van der Waals surface area contributed by atoms with Gasteiger partial charge in [0.25, 0.3) is 20.2 Å². The second-order valence-electron chi connectivity index (χ2n) is 12.2. The van der Waals surface area contributed by atoms with Crippen molar-refractivity contribution in [1.29, 1.82) is 0 Å². The van der Waals surface area contributed by atoms with Gasteiger partial charge in [-0.3, -0.25) is 8.37 Å². The van der Waals surface area contributed by atoms with Crippen LogP contribution in [0.3, 0.4) is 0 Å². The smallest absolute Gasteiger partial charge is 0.296 e. The highest BCUT2D eigenvalue weighted by Gasteiger charge is 2.45. The van der Waals surface area contributed by atoms with Crippen LogP contribution in [-0.2, 0) is 38.9 Å². The molecule has 0 spiro atoms. The standard InChI is InChI=1S/C33H39FO9S2/c1-24-6-10-29(11-7-24)44(36,37)41-22-32(23-42-45(38,39)30-12-8-25(2)9-13-30)14-16-33(35,17-15-32)26-19-27(34)21-28(20-26)43-31-5-3-4-18-40-31/h6-13,19-21,31,35H,3-5,14-18,22-23H2,1-2H3. The van der Waals surface area contributed by atoms with Gasteiger partial charge in [0.1, 0.15) is 11.6 Å². The third-order valence-electron chi connectivity index (χ3n) is 8.61. The van der Waals surface area contributed by atoms with Crippen LogP contribution in [0, 0.1) is 25.1 Å². The minimum atomic E-state index is -4.18. The lowest BCUT2D eigenvalue weighted by atomic mass is 9.67. The van der Waals surface area contributed by atoms with Gasteiger partial charge in [0.2, 0.25) is 0 Å². The van der Waals surface area contributed by atoms with Crippen LogP contribution in [0.5, 0.6) is 5.75 Å². The molecule has 0 bridgehead atoms. The summed E-state index contributed by atoms with van der Waals surface area (Å²) in [4.78, 5) is -0.0593. The summed E-state index contributed by atoms with van der Waals surface area (Å²) in [6, 6.07) is 16.5. The minimum absolute atomic E-state index is 0.0296. The van der Waals surface area contributed by atoms with Gasteiger partial charge in [-0.05, 0) is 94.3 Å². The average Bonchev–Trinajstić information content (AvgIpc) is 3.01. The molecule has 0 radical (unpaired) electrons. The van der Waals surface area contributed by atoms with E-state index in [0.717, 1.165) is 24.0 Å². The lowest BCUT2D eigenvalue weighted by Crippen LogP contribution is -2.43. The van der Waals surface area contributed by atoms with Gasteiger partial charge in [-0.1, -0.05) is 35.4 Å². The van der Waals surface area contributed by atoms with Gasteiger partial charge in [-0.2, -0.15) is 16.8 Å². The molecule has 1 saturated heterocycles. The Balaban J connectivity index is 1.36. The monoisotopic (exact) mass is 662 g/mol. The molecule has 1 atom stereocenters. The summed E-state index contributed by atoms with van der Waals surface area (Å²) in [5.41, 5.74) is -0.510. The van der Waals surface area contributed by atoms with Crippen LogP contribution in [0.2, 0.25) is 0 Å². The first kappa shape index (κ1) is 33.5. The quantitative estimate of drug-likeness (QED) is 0.250. The van der Waals surface area contributed by atoms with Crippen molar-refractivity contribution in [3.63, 3.8) is 0 Å². The van der Waals surface area contributed by atoms with Crippen molar-refractivity contribution < 1.29 is 44.2 Å². The number of aryl methyl sites for hydroxylation is 2. The van der Waals surface area contributed by atoms with E-state index in [1.54, 1.807) is 30.3 Å². The Bertz CT molecular complexity index is 1590. The maximum absolute atomic E-state index is 14.7. The fourth-order valence-electron chi connectivity index (χ4n) is 5.62. The van der Waals surface area contributed by atoms with Gasteiger partial charge in [0.05, 0.1) is 35.2 Å². The van der Waals surface area contributed by atoms with E-state index in [9.17, 15) is 26.3 Å². The summed E-state index contributed by atoms with van der Waals surface area (Å²) < 4.78 is 89.5. The summed E-state index contributed by atoms with van der Waals surface area (Å²) >= 11 is 0. The second kappa shape index (κ2) is 13.5. The Morgan fingerprint density at radius 2 is 1.33 bits per heavy atom. The van der Waals surface area contributed by atoms with Gasteiger partial charge in [-0.25, -0.2) is 4.39 Å². The maximum atomic E-state index is 14.7. The van der Waals surface area contributed by atoms with Crippen molar-refractivity contribution >= 4 is 20.2 Å². The molecule has 3 aromatic carbocycles. The number of hydrogen-bond acceptors (Lipinski definition) is 9. The molecule has 244 valence electrons. The van der Waals surface area contributed by atoms with Gasteiger partial charge in [0, 0.05) is 17.9 Å². The van der Waals surface area contributed by atoms with E-state index < -0.39 is 43.4 Å². The molecule has 1 saturated carbocycles. The van der Waals surface area contributed by atoms with Crippen LogP contribution in [0.1, 0.15) is 61.6 Å². The summed E-state index contributed by atoms with van der Waals surface area (Å²) in [5.74, 6) is -0.342. The van der Waals surface area contributed by atoms with Crippen LogP contribution >= 0.6 is 0 Å². The summed E-state index contributed by atoms with van der Waals surface area (Å²) in [6.45, 7) is 3.47. The molecular formula is C33H39FO9S2. The molecule has 2 aliphatic rings. The average molecular weight is 663 g/mol. The molecule has 3 aromatic rings. The van der Waals surface area contributed by atoms with Crippen molar-refractivity contribution in [2.24, 2.45) is 5.41 Å². The predicted molar refractivity (Wildman–Crippen MR) is 164 cm³/mol. The Labute approximate surface area is 264 Å². The number of ether oxygens (including phenoxy) is 2. The fourth-order valence-corrected chi connectivity index (χ4v) is 7.64. The van der Waals surface area contributed by atoms with E-state index in [0.29, 0.717) is 18.6 Å². The first-order chi connectivity index (χ1) is 21.3. The first-order valence-corrected chi connectivity index (χ1v) is 17.8. The molecule has 0 amide bonds. The van der Waals surface area contributed by atoms with E-state index in [4.69, 9.17) is 17.8 Å². The van der Waals surface area contributed by atoms with Gasteiger partial charge < -0.3 is 14.6 Å². The molecule has 2 fully saturated rings. The maximum Gasteiger partial charge on any atom is 0.296 e. The number of hydrogen-bond donors (Lipinski definition) is 1. The number of benzene rings is 3. The van der Waals surface area contributed by atoms with Crippen molar-refractivity contribution in [2.45, 2.75) is 80.5 Å². The van der Waals surface area contributed by atoms with Crippen molar-refractivity contribution in [2.75, 3.05) is 19.8 Å². The van der Waals surface area contributed by atoms with Crippen molar-refractivity contribution in [3.8, 4) is 5.75 Å². The molecule has 1 aliphatic carbocycles. The molecule has 1 aliphatic heterocycles. The van der Waals surface area contributed by atoms with Gasteiger partial charge in [0.15, 0.2) is 6.29 Å². The third kappa shape index (κ3) is 8.30. The number of rotatable bonds is 11. The highest BCUT2D eigenvalue weighted by atomic mass is 32.2. The molecule has 1 heterocycles. The molecule has 12 heteroatoms. The largest absolute Gasteiger partial charge is 0.465 e. The molecule has 9 nitrogen and oxygen atoms in total. The van der Waals surface area contributed by atoms with E-state index in [1.165, 1.54) is 36.4 Å². The number of aliphatic hydroxyl groups is 1. The Hall–Kier alpha value is -2.87. The Morgan fingerprint density at radius 3 is 1.82 bits per heavy atom. The molecular weight excluding hydrogens is 623 g/mol. The van der Waals surface area contributed by atoms with E-state index in [1.807, 2.05) is 13.8 Å². The fraction of sp³-hybridized carbons (Fsp3) is 0.455. The molecule has 5 rings (SSSR count). The zero-order valence-electron chi connectivity index (χ0n) is 25.4. The summed E-state index contributed by atoms with van der Waals surface area (Å²) in [5, 5.41) is 11.7. The summed E-state index contributed by atoms with van der Waals surface area (Å²) in [6.07, 6.45) is 2.45. The van der Waals surface area contributed by atoms with Crippen molar-refractivity contribution in [1.82, 2.24) is 0 Å². The topological polar surface area (TPSA) is 125 Å². The second-order valence-corrected chi connectivity index (χ2v) is 15.4. The van der Waals surface area contributed by atoms with Crippen LogP contribution in [0.4, 0.5) is 4.39 Å². The Kier molecular flexibility index (Phi) is 10.0. The molecule has 1 N–H and O–H groups in total. The molecule has 45 heavy (non-hydrogen) atoms. The highest BCUT2D eigenvalue weighted by molar-refractivity contribution is 7.87. The predicted octanol–water partition coefficient (Wildman–Crippen LogP) is 5.91. The summed E-state index contributed by atoms with van der Waals surface area (Å²) in [7, 11) is -8.35. The van der Waals surface area contributed by atoms with Crippen LogP contribution in [-0.4, -0.2) is 48.1 Å². The van der Waals surface area contributed by atoms with E-state index in [-0.39, 0.29) is 54.4 Å². The first-order valence-electron chi connectivity index (χ1n) is 15.0. The zero-order valence-corrected chi connectivity index (χ0v) is 27.0. The highest BCUT2D eigenvalue weighted by Crippen LogP contribution is 2.47. The van der Waals surface area contributed by atoms with Crippen molar-refractivity contribution in [3.05, 3.63) is 89.2 Å². The third-order valence-corrected chi connectivity index (χ3v) is 11.2. The molecule has 0 aromatic heterocycles. The van der Waals surface area contributed by atoms with Crippen LogP contribution < -0.4 is 4.74 Å². The lowest BCUT2D eigenvalue weighted by Gasteiger charge is -2.43. The van der Waals surface area contributed by atoms with Gasteiger partial charge in [-0.15, -0.1) is 0 Å². The SMILES string of the molecule is Cc1ccc(S(=O)(=O)OCC2(COS(=O)(=O)c3ccc(C)cc3)CCC(O)(c3cc(F)cc(OC4CCCCO4)c3)CC2)cc1. The molecule has 1 unspecified atom stereocenters. The van der Waals surface area contributed by atoms with Crippen LogP contribution in [0.15, 0.2) is 76.5 Å². The van der Waals surface area contributed by atoms with E-state index in [2.05, 4.69) is 0 Å². The van der Waals surface area contributed by atoms with Crippen LogP contribution in [0.25, 0.3) is 0 Å². The zero-order chi connectivity index (χ0) is 32.3. The van der Waals surface area contributed by atoms with E-state index >= 15 is 0 Å².